The summed E-state index contributed by atoms with van der Waals surface area (Å²) >= 11 is 0. The van der Waals surface area contributed by atoms with E-state index in [0.717, 1.165) is 77.0 Å². The van der Waals surface area contributed by atoms with E-state index in [2.05, 4.69) is 55.6 Å². The van der Waals surface area contributed by atoms with Gasteiger partial charge in [0.25, 0.3) is 0 Å². The molecular weight excluding hydrogens is 899 g/mol. The van der Waals surface area contributed by atoms with Crippen LogP contribution in [0.4, 0.5) is 0 Å². The zero-order valence-electron chi connectivity index (χ0n) is 49.1. The maximum absolute atomic E-state index is 12.5. The number of rotatable bonds is 61. The molecule has 1 amide bonds. The summed E-state index contributed by atoms with van der Waals surface area (Å²) < 4.78 is 5.47. The van der Waals surface area contributed by atoms with Crippen molar-refractivity contribution < 1.29 is 24.5 Å². The lowest BCUT2D eigenvalue weighted by Crippen LogP contribution is -2.45. The first-order valence-electron chi connectivity index (χ1n) is 32.7. The normalized spacial score (nSPS) is 12.8. The number of nitrogens with one attached hydrogen (secondary N) is 1. The minimum absolute atomic E-state index is 0.0170. The summed E-state index contributed by atoms with van der Waals surface area (Å²) in [5.74, 6) is -0.0642. The number of aliphatic hydroxyl groups excluding tert-OH is 2. The lowest BCUT2D eigenvalue weighted by Gasteiger charge is -2.22. The summed E-state index contributed by atoms with van der Waals surface area (Å²) in [7, 11) is 0. The van der Waals surface area contributed by atoms with Gasteiger partial charge in [0.05, 0.1) is 25.4 Å². The predicted molar refractivity (Wildman–Crippen MR) is 319 cm³/mol. The summed E-state index contributed by atoms with van der Waals surface area (Å²) in [5.41, 5.74) is 0. The van der Waals surface area contributed by atoms with E-state index in [-0.39, 0.29) is 18.5 Å². The molecule has 0 aliphatic rings. The molecule has 0 aromatic heterocycles. The molecule has 0 bridgehead atoms. The third kappa shape index (κ3) is 59.2. The molecule has 73 heavy (non-hydrogen) atoms. The van der Waals surface area contributed by atoms with E-state index in [1.54, 1.807) is 0 Å². The van der Waals surface area contributed by atoms with Gasteiger partial charge < -0.3 is 20.3 Å². The number of hydrogen-bond donors (Lipinski definition) is 3. The van der Waals surface area contributed by atoms with Gasteiger partial charge in [-0.25, -0.2) is 0 Å². The SMILES string of the molecule is CCCCC/C=C\C/C=C\CCCCCCCCCC(=O)OCCCCCC/C=C\CCCCCCCCCC(=O)NC(CO)C(O)CCCCCCCCCCCCCCCCCCCCCCCCCC. The first kappa shape index (κ1) is 71.1. The molecule has 0 aliphatic carbocycles. The Morgan fingerprint density at radius 3 is 1.08 bits per heavy atom. The molecule has 2 unspecified atom stereocenters. The van der Waals surface area contributed by atoms with Crippen LogP contribution in [0.25, 0.3) is 0 Å². The molecular formula is C67H127NO5. The van der Waals surface area contributed by atoms with Crippen LogP contribution in [0.5, 0.6) is 0 Å². The van der Waals surface area contributed by atoms with E-state index >= 15 is 0 Å². The summed E-state index contributed by atoms with van der Waals surface area (Å²) in [4.78, 5) is 24.6. The third-order valence-corrected chi connectivity index (χ3v) is 15.2. The smallest absolute Gasteiger partial charge is 0.305 e. The average Bonchev–Trinajstić information content (AvgIpc) is 3.39. The molecule has 0 aromatic carbocycles. The van der Waals surface area contributed by atoms with Crippen LogP contribution in [-0.2, 0) is 14.3 Å². The summed E-state index contributed by atoms with van der Waals surface area (Å²) in [6.07, 6.45) is 78.7. The predicted octanol–water partition coefficient (Wildman–Crippen LogP) is 20.8. The highest BCUT2D eigenvalue weighted by atomic mass is 16.5. The van der Waals surface area contributed by atoms with Gasteiger partial charge in [-0.15, -0.1) is 0 Å². The first-order valence-corrected chi connectivity index (χ1v) is 32.7. The Bertz CT molecular complexity index is 1180. The maximum atomic E-state index is 12.5. The second kappa shape index (κ2) is 62.6. The number of carbonyl (C=O) groups is 2. The molecule has 430 valence electrons. The first-order chi connectivity index (χ1) is 36.0. The number of hydrogen-bond acceptors (Lipinski definition) is 5. The zero-order valence-corrected chi connectivity index (χ0v) is 49.1. The summed E-state index contributed by atoms with van der Waals surface area (Å²) in [5, 5.41) is 23.4. The molecule has 6 heteroatoms. The van der Waals surface area contributed by atoms with Crippen molar-refractivity contribution in [3.63, 3.8) is 0 Å². The fraction of sp³-hybridized carbons (Fsp3) is 0.881. The number of carbonyl (C=O) groups excluding carboxylic acids is 2. The molecule has 2 atom stereocenters. The van der Waals surface area contributed by atoms with E-state index in [9.17, 15) is 19.8 Å². The Balaban J connectivity index is 3.46. The van der Waals surface area contributed by atoms with Gasteiger partial charge in [-0.1, -0.05) is 294 Å². The third-order valence-electron chi connectivity index (χ3n) is 15.2. The van der Waals surface area contributed by atoms with Crippen molar-refractivity contribution in [2.24, 2.45) is 0 Å². The number of unbranched alkanes of at least 4 members (excludes halogenated alkanes) is 44. The second-order valence-electron chi connectivity index (χ2n) is 22.4. The van der Waals surface area contributed by atoms with Crippen molar-refractivity contribution in [3.8, 4) is 0 Å². The number of amides is 1. The molecule has 0 fully saturated rings. The van der Waals surface area contributed by atoms with Gasteiger partial charge >= 0.3 is 5.97 Å². The van der Waals surface area contributed by atoms with E-state index in [1.807, 2.05) is 0 Å². The van der Waals surface area contributed by atoms with Gasteiger partial charge in [0.15, 0.2) is 0 Å². The van der Waals surface area contributed by atoms with Crippen molar-refractivity contribution in [2.45, 2.75) is 366 Å². The fourth-order valence-corrected chi connectivity index (χ4v) is 10.1. The Labute approximate surface area is 455 Å². The van der Waals surface area contributed by atoms with Crippen LogP contribution in [-0.4, -0.2) is 47.4 Å². The average molecular weight is 1030 g/mol. The monoisotopic (exact) mass is 1030 g/mol. The molecule has 0 heterocycles. The highest BCUT2D eigenvalue weighted by Crippen LogP contribution is 2.18. The van der Waals surface area contributed by atoms with Crippen LogP contribution < -0.4 is 5.32 Å². The molecule has 0 radical (unpaired) electrons. The van der Waals surface area contributed by atoms with E-state index < -0.39 is 12.1 Å². The second-order valence-corrected chi connectivity index (χ2v) is 22.4. The minimum atomic E-state index is -0.677. The lowest BCUT2D eigenvalue weighted by atomic mass is 10.0. The maximum Gasteiger partial charge on any atom is 0.305 e. The van der Waals surface area contributed by atoms with Crippen molar-refractivity contribution >= 4 is 11.9 Å². The molecule has 0 aromatic rings. The van der Waals surface area contributed by atoms with Crippen LogP contribution in [0.2, 0.25) is 0 Å². The highest BCUT2D eigenvalue weighted by Gasteiger charge is 2.20. The molecule has 0 saturated heterocycles. The standard InChI is InChI=1S/C67H127NO5/c1-3-5-7-9-11-13-15-17-19-21-22-23-24-25-26-27-29-31-35-39-43-47-51-55-59-65(70)64(63-69)68-66(71)60-56-52-48-44-40-36-32-30-34-38-42-46-50-54-58-62-73-67(72)61-57-53-49-45-41-37-33-28-20-18-16-14-12-10-8-6-4-2/h12,14,18,20,34,38,64-65,69-70H,3-11,13,15-17,19,21-33,35-37,39-63H2,1-2H3,(H,68,71)/b14-12-,20-18-,38-34-. The van der Waals surface area contributed by atoms with E-state index in [1.165, 1.54) is 244 Å². The van der Waals surface area contributed by atoms with Crippen LogP contribution in [0.3, 0.4) is 0 Å². The molecule has 6 nitrogen and oxygen atoms in total. The summed E-state index contributed by atoms with van der Waals surface area (Å²) in [6, 6.07) is -0.555. The lowest BCUT2D eigenvalue weighted by molar-refractivity contribution is -0.143. The quantitative estimate of drug-likeness (QED) is 0.0320. The minimum Gasteiger partial charge on any atom is -0.466 e. The van der Waals surface area contributed by atoms with Crippen molar-refractivity contribution in [1.29, 1.82) is 0 Å². The Kier molecular flexibility index (Phi) is 61.0. The molecule has 3 N–H and O–H groups in total. The fourth-order valence-electron chi connectivity index (χ4n) is 10.1. The van der Waals surface area contributed by atoms with Crippen LogP contribution in [0.15, 0.2) is 36.5 Å². The summed E-state index contributed by atoms with van der Waals surface area (Å²) in [6.45, 7) is 4.91. The molecule has 0 saturated carbocycles. The van der Waals surface area contributed by atoms with E-state index in [4.69, 9.17) is 4.74 Å². The van der Waals surface area contributed by atoms with Crippen molar-refractivity contribution in [3.05, 3.63) is 36.5 Å². The van der Waals surface area contributed by atoms with Gasteiger partial charge in [0, 0.05) is 12.8 Å². The molecule has 0 rings (SSSR count). The van der Waals surface area contributed by atoms with Crippen LogP contribution >= 0.6 is 0 Å². The van der Waals surface area contributed by atoms with Crippen LogP contribution in [0, 0.1) is 0 Å². The zero-order chi connectivity index (χ0) is 52.9. The Morgan fingerprint density at radius 2 is 0.685 bits per heavy atom. The van der Waals surface area contributed by atoms with Gasteiger partial charge in [0.1, 0.15) is 0 Å². The van der Waals surface area contributed by atoms with Gasteiger partial charge in [0.2, 0.25) is 5.91 Å². The largest absolute Gasteiger partial charge is 0.466 e. The van der Waals surface area contributed by atoms with Crippen molar-refractivity contribution in [1.82, 2.24) is 5.32 Å². The van der Waals surface area contributed by atoms with Gasteiger partial charge in [-0.2, -0.15) is 0 Å². The molecule has 0 spiro atoms. The number of allylic oxidation sites excluding steroid dienone is 6. The number of esters is 1. The Morgan fingerprint density at radius 1 is 0.384 bits per heavy atom. The number of ether oxygens (including phenoxy) is 1. The Hall–Kier alpha value is -1.92. The van der Waals surface area contributed by atoms with Crippen LogP contribution in [0.1, 0.15) is 354 Å². The number of aliphatic hydroxyl groups is 2. The van der Waals surface area contributed by atoms with Crippen molar-refractivity contribution in [2.75, 3.05) is 13.2 Å². The van der Waals surface area contributed by atoms with Gasteiger partial charge in [-0.05, 0) is 83.5 Å². The van der Waals surface area contributed by atoms with Gasteiger partial charge in [-0.3, -0.25) is 9.59 Å². The topological polar surface area (TPSA) is 95.9 Å². The molecule has 0 aliphatic heterocycles. The van der Waals surface area contributed by atoms with E-state index in [0.29, 0.717) is 25.9 Å². The highest BCUT2D eigenvalue weighted by molar-refractivity contribution is 5.76.